The molecule has 9 nitrogen and oxygen atoms in total. The van der Waals surface area contributed by atoms with E-state index >= 15 is 0 Å². The molecule has 0 aromatic heterocycles. The molecule has 2 N–H and O–H groups in total. The molecule has 0 radical (unpaired) electrons. The number of phenolic OH excluding ortho intramolecular Hbond substituents is 1. The fourth-order valence-corrected chi connectivity index (χ4v) is 3.44. The smallest absolute Gasteiger partial charge is 0.277 e. The summed E-state index contributed by atoms with van der Waals surface area (Å²) < 4.78 is 0. The summed E-state index contributed by atoms with van der Waals surface area (Å²) in [5.41, 5.74) is 1.05. The average molecular weight is 455 g/mol. The Labute approximate surface area is 193 Å². The molecule has 176 valence electrons. The summed E-state index contributed by atoms with van der Waals surface area (Å²) in [5, 5.41) is 13.6. The topological polar surface area (TPSA) is 102 Å². The molecule has 33 heavy (non-hydrogen) atoms. The summed E-state index contributed by atoms with van der Waals surface area (Å²) >= 11 is 0. The molecule has 9 heteroatoms. The molecule has 1 heterocycles. The maximum atomic E-state index is 12.6. The molecule has 3 amide bonds. The zero-order chi connectivity index (χ0) is 23.8. The number of hydrogen-bond acceptors (Lipinski definition) is 6. The minimum Gasteiger partial charge on any atom is -0.507 e. The number of nitrogens with one attached hydrogen (secondary N) is 1. The molecular formula is C24H30N4O5. The quantitative estimate of drug-likeness (QED) is 0.468. The van der Waals surface area contributed by atoms with Gasteiger partial charge in [-0.2, -0.15) is 0 Å². The van der Waals surface area contributed by atoms with Crippen LogP contribution in [0.2, 0.25) is 0 Å². The Morgan fingerprint density at radius 2 is 1.70 bits per heavy atom. The standard InChI is InChI=1S/C24H30N4O5/c1-26-13-15-28(16-14-26)22(30)8-5-17-33-27(2)24(32)18-9-11-19(12-10-18)25-23(31)20-6-3-4-7-21(20)29/h3-4,6-7,9-12,29H,5,8,13-17H2,1-2H3,(H,25,31). The van der Waals surface area contributed by atoms with Crippen LogP contribution in [0, 0.1) is 0 Å². The number of amides is 3. The van der Waals surface area contributed by atoms with Crippen molar-refractivity contribution in [1.82, 2.24) is 14.9 Å². The first-order chi connectivity index (χ1) is 15.8. The molecule has 1 aliphatic heterocycles. The summed E-state index contributed by atoms with van der Waals surface area (Å²) in [4.78, 5) is 46.6. The molecule has 3 rings (SSSR count). The van der Waals surface area contributed by atoms with Crippen LogP contribution in [0.15, 0.2) is 48.5 Å². The van der Waals surface area contributed by atoms with Crippen LogP contribution in [0.5, 0.6) is 5.75 Å². The molecule has 0 bridgehead atoms. The van der Waals surface area contributed by atoms with Crippen LogP contribution in [0.1, 0.15) is 33.6 Å². The van der Waals surface area contributed by atoms with Crippen molar-refractivity contribution in [1.29, 1.82) is 0 Å². The van der Waals surface area contributed by atoms with Gasteiger partial charge in [-0.25, -0.2) is 5.06 Å². The lowest BCUT2D eigenvalue weighted by atomic mass is 10.1. The number of hydrogen-bond donors (Lipinski definition) is 2. The zero-order valence-electron chi connectivity index (χ0n) is 19.0. The highest BCUT2D eigenvalue weighted by Gasteiger charge is 2.19. The minimum absolute atomic E-state index is 0.106. The molecule has 0 spiro atoms. The SMILES string of the molecule is CN1CCN(C(=O)CCCON(C)C(=O)c2ccc(NC(=O)c3ccccc3O)cc2)CC1. The largest absolute Gasteiger partial charge is 0.507 e. The molecule has 0 unspecified atom stereocenters. The van der Waals surface area contributed by atoms with Gasteiger partial charge >= 0.3 is 0 Å². The van der Waals surface area contributed by atoms with Crippen LogP contribution in [-0.2, 0) is 9.63 Å². The first-order valence-corrected chi connectivity index (χ1v) is 10.9. The second kappa shape index (κ2) is 11.4. The first-order valence-electron chi connectivity index (χ1n) is 10.9. The number of piperazine rings is 1. The molecule has 0 atom stereocenters. The van der Waals surface area contributed by atoms with Crippen molar-refractivity contribution < 1.29 is 24.3 Å². The normalized spacial score (nSPS) is 14.1. The van der Waals surface area contributed by atoms with Crippen LogP contribution in [0.25, 0.3) is 0 Å². The predicted molar refractivity (Wildman–Crippen MR) is 124 cm³/mol. The molecular weight excluding hydrogens is 424 g/mol. The lowest BCUT2D eigenvalue weighted by Gasteiger charge is -2.32. The number of likely N-dealkylation sites (N-methyl/N-ethyl adjacent to an activating group) is 1. The van der Waals surface area contributed by atoms with E-state index in [1.807, 2.05) is 11.9 Å². The van der Waals surface area contributed by atoms with E-state index < -0.39 is 5.91 Å². The Morgan fingerprint density at radius 3 is 2.36 bits per heavy atom. The Kier molecular flexibility index (Phi) is 8.39. The van der Waals surface area contributed by atoms with Gasteiger partial charge in [0, 0.05) is 50.9 Å². The number of benzene rings is 2. The monoisotopic (exact) mass is 454 g/mol. The van der Waals surface area contributed by atoms with Crippen molar-refractivity contribution in [2.75, 3.05) is 52.2 Å². The third kappa shape index (κ3) is 6.77. The minimum atomic E-state index is -0.446. The average Bonchev–Trinajstić information content (AvgIpc) is 2.82. The fraction of sp³-hybridized carbons (Fsp3) is 0.375. The van der Waals surface area contributed by atoms with Crippen LogP contribution in [-0.4, -0.2) is 84.6 Å². The fourth-order valence-electron chi connectivity index (χ4n) is 3.44. The lowest BCUT2D eigenvalue weighted by molar-refractivity contribution is -0.135. The van der Waals surface area contributed by atoms with E-state index in [9.17, 15) is 19.5 Å². The highest BCUT2D eigenvalue weighted by Crippen LogP contribution is 2.18. The maximum absolute atomic E-state index is 12.6. The Hall–Kier alpha value is -3.43. The summed E-state index contributed by atoms with van der Waals surface area (Å²) in [6, 6.07) is 12.6. The summed E-state index contributed by atoms with van der Waals surface area (Å²) in [6.45, 7) is 3.53. The number of para-hydroxylation sites is 1. The zero-order valence-corrected chi connectivity index (χ0v) is 19.0. The van der Waals surface area contributed by atoms with E-state index in [0.29, 0.717) is 24.1 Å². The van der Waals surface area contributed by atoms with E-state index in [1.54, 1.807) is 36.4 Å². The number of carbonyl (C=O) groups is 3. The van der Waals surface area contributed by atoms with Gasteiger partial charge in [0.1, 0.15) is 5.75 Å². The number of anilines is 1. The highest BCUT2D eigenvalue weighted by molar-refractivity contribution is 6.06. The van der Waals surface area contributed by atoms with Crippen molar-refractivity contribution in [3.05, 3.63) is 59.7 Å². The van der Waals surface area contributed by atoms with Gasteiger partial charge in [0.25, 0.3) is 11.8 Å². The Bertz CT molecular complexity index is 971. The number of nitrogens with zero attached hydrogens (tertiary/aromatic N) is 3. The van der Waals surface area contributed by atoms with E-state index in [1.165, 1.54) is 19.2 Å². The maximum Gasteiger partial charge on any atom is 0.277 e. The van der Waals surface area contributed by atoms with Crippen molar-refractivity contribution in [2.24, 2.45) is 0 Å². The van der Waals surface area contributed by atoms with Crippen LogP contribution in [0.4, 0.5) is 5.69 Å². The van der Waals surface area contributed by atoms with E-state index in [4.69, 9.17) is 4.84 Å². The Balaban J connectivity index is 1.42. The van der Waals surface area contributed by atoms with Gasteiger partial charge in [-0.15, -0.1) is 0 Å². The van der Waals surface area contributed by atoms with Gasteiger partial charge in [-0.05, 0) is 49.9 Å². The van der Waals surface area contributed by atoms with Crippen LogP contribution in [0.3, 0.4) is 0 Å². The Morgan fingerprint density at radius 1 is 1.03 bits per heavy atom. The summed E-state index contributed by atoms with van der Waals surface area (Å²) in [5.74, 6) is -0.773. The molecule has 2 aromatic carbocycles. The van der Waals surface area contributed by atoms with Crippen LogP contribution >= 0.6 is 0 Å². The van der Waals surface area contributed by atoms with Gasteiger partial charge < -0.3 is 20.2 Å². The number of carbonyl (C=O) groups excluding carboxylic acids is 3. The van der Waals surface area contributed by atoms with Crippen molar-refractivity contribution in [3.63, 3.8) is 0 Å². The van der Waals surface area contributed by atoms with Crippen molar-refractivity contribution in [2.45, 2.75) is 12.8 Å². The third-order valence-corrected chi connectivity index (χ3v) is 5.50. The molecule has 1 saturated heterocycles. The van der Waals surface area contributed by atoms with Gasteiger partial charge in [0.05, 0.1) is 12.2 Å². The third-order valence-electron chi connectivity index (χ3n) is 5.50. The van der Waals surface area contributed by atoms with Crippen molar-refractivity contribution >= 4 is 23.4 Å². The molecule has 2 aromatic rings. The number of hydroxylamine groups is 2. The first kappa shape index (κ1) is 24.2. The predicted octanol–water partition coefficient (Wildman–Crippen LogP) is 2.20. The van der Waals surface area contributed by atoms with E-state index in [0.717, 1.165) is 31.2 Å². The number of aromatic hydroxyl groups is 1. The van der Waals surface area contributed by atoms with Gasteiger partial charge in [0.15, 0.2) is 0 Å². The summed E-state index contributed by atoms with van der Waals surface area (Å²) in [6.07, 6.45) is 0.914. The van der Waals surface area contributed by atoms with E-state index in [2.05, 4.69) is 10.2 Å². The number of phenols is 1. The second-order valence-corrected chi connectivity index (χ2v) is 7.97. The number of rotatable bonds is 8. The molecule has 1 aliphatic rings. The van der Waals surface area contributed by atoms with Gasteiger partial charge in [0.2, 0.25) is 5.91 Å². The van der Waals surface area contributed by atoms with Gasteiger partial charge in [-0.1, -0.05) is 12.1 Å². The van der Waals surface area contributed by atoms with Crippen molar-refractivity contribution in [3.8, 4) is 5.75 Å². The molecule has 0 saturated carbocycles. The molecule has 1 fully saturated rings. The molecule has 0 aliphatic carbocycles. The second-order valence-electron chi connectivity index (χ2n) is 7.97. The van der Waals surface area contributed by atoms with Gasteiger partial charge in [-0.3, -0.25) is 19.2 Å². The summed E-state index contributed by atoms with van der Waals surface area (Å²) in [7, 11) is 3.57. The highest BCUT2D eigenvalue weighted by atomic mass is 16.7. The van der Waals surface area contributed by atoms with Crippen LogP contribution < -0.4 is 5.32 Å². The van der Waals surface area contributed by atoms with E-state index in [-0.39, 0.29) is 29.7 Å². The lowest BCUT2D eigenvalue weighted by Crippen LogP contribution is -2.47.